The minimum atomic E-state index is 0.672. The van der Waals surface area contributed by atoms with E-state index in [9.17, 15) is 0 Å². The maximum absolute atomic E-state index is 4.68. The molecule has 0 amide bonds. The molecule has 3 aromatic carbocycles. The van der Waals surface area contributed by atoms with Crippen molar-refractivity contribution in [2.45, 2.75) is 0 Å². The van der Waals surface area contributed by atoms with Crippen LogP contribution in [0.5, 0.6) is 0 Å². The molecule has 0 aliphatic rings. The second kappa shape index (κ2) is 6.38. The lowest BCUT2D eigenvalue weighted by Gasteiger charge is -1.97. The van der Waals surface area contributed by atoms with Crippen molar-refractivity contribution in [3.05, 3.63) is 97.3 Å². The first-order valence-electron chi connectivity index (χ1n) is 7.79. The number of para-hydroxylation sites is 2. The number of nitrogens with zero attached hydrogens (tertiary/aromatic N) is 4. The minimum absolute atomic E-state index is 0.672. The fraction of sp³-hybridized carbons (Fsp3) is 0. The molecule has 4 aromatic rings. The van der Waals surface area contributed by atoms with Gasteiger partial charge >= 0.3 is 6.33 Å². The average molecular weight is 312 g/mol. The highest BCUT2D eigenvalue weighted by atomic mass is 15.4. The quantitative estimate of drug-likeness (QED) is 0.545. The molecule has 4 nitrogen and oxygen atoms in total. The first-order chi connectivity index (χ1) is 11.9. The Balaban J connectivity index is 1.92. The van der Waals surface area contributed by atoms with E-state index >= 15 is 0 Å². The third-order valence-corrected chi connectivity index (χ3v) is 3.70. The summed E-state index contributed by atoms with van der Waals surface area (Å²) in [5, 5.41) is 9.37. The average Bonchev–Trinajstić information content (AvgIpc) is 2.70. The SMILES string of the molecule is c1ccc(-c2n[n+](-c3ccccc3)c[n+](-c3ccccc3)n2)cc1. The second-order valence-electron chi connectivity index (χ2n) is 5.37. The molecule has 114 valence electrons. The van der Waals surface area contributed by atoms with Gasteiger partial charge in [-0.15, -0.1) is 0 Å². The molecule has 0 aliphatic heterocycles. The van der Waals surface area contributed by atoms with E-state index in [0.717, 1.165) is 16.9 Å². The van der Waals surface area contributed by atoms with Crippen molar-refractivity contribution >= 4 is 0 Å². The zero-order chi connectivity index (χ0) is 16.2. The van der Waals surface area contributed by atoms with E-state index in [-0.39, 0.29) is 0 Å². The van der Waals surface area contributed by atoms with Gasteiger partial charge in [-0.25, -0.2) is 0 Å². The van der Waals surface area contributed by atoms with E-state index in [4.69, 9.17) is 0 Å². The second-order valence-corrected chi connectivity index (χ2v) is 5.37. The Labute approximate surface area is 140 Å². The summed E-state index contributed by atoms with van der Waals surface area (Å²) < 4.78 is 3.70. The molecule has 4 heteroatoms. The van der Waals surface area contributed by atoms with Crippen molar-refractivity contribution < 1.29 is 9.36 Å². The molecule has 0 spiro atoms. The van der Waals surface area contributed by atoms with Gasteiger partial charge in [0, 0.05) is 49.4 Å². The Bertz CT molecular complexity index is 799. The summed E-state index contributed by atoms with van der Waals surface area (Å²) in [6.45, 7) is 0. The Morgan fingerprint density at radius 2 is 0.917 bits per heavy atom. The smallest absolute Gasteiger partial charge is 0.0622 e. The van der Waals surface area contributed by atoms with Crippen molar-refractivity contribution in [3.8, 4) is 22.8 Å². The maximum atomic E-state index is 4.68. The zero-order valence-corrected chi connectivity index (χ0v) is 13.0. The van der Waals surface area contributed by atoms with Crippen LogP contribution in [0.1, 0.15) is 0 Å². The van der Waals surface area contributed by atoms with Crippen molar-refractivity contribution in [1.82, 2.24) is 10.2 Å². The van der Waals surface area contributed by atoms with Crippen LogP contribution in [0, 0.1) is 0 Å². The van der Waals surface area contributed by atoms with Crippen LogP contribution in [-0.2, 0) is 0 Å². The largest absolute Gasteiger partial charge is 0.469 e. The van der Waals surface area contributed by atoms with Crippen LogP contribution >= 0.6 is 0 Å². The molecule has 0 bridgehead atoms. The highest BCUT2D eigenvalue weighted by molar-refractivity contribution is 5.52. The molecule has 0 fully saturated rings. The summed E-state index contributed by atoms with van der Waals surface area (Å²) in [7, 11) is 0. The standard InChI is InChI=1S/C20H16N4/c1-4-10-17(11-5-1)20-21-23(18-12-6-2-7-13-18)16-24(22-20)19-14-8-3-9-15-19/h1-16H/q+2. The zero-order valence-electron chi connectivity index (χ0n) is 13.0. The van der Waals surface area contributed by atoms with E-state index < -0.39 is 0 Å². The molecule has 1 heterocycles. The summed E-state index contributed by atoms with van der Waals surface area (Å²) in [6, 6.07) is 30.1. The Morgan fingerprint density at radius 3 is 1.38 bits per heavy atom. The summed E-state index contributed by atoms with van der Waals surface area (Å²) in [4.78, 5) is 0. The first-order valence-corrected chi connectivity index (χ1v) is 7.79. The van der Waals surface area contributed by atoms with Crippen molar-refractivity contribution in [2.75, 3.05) is 0 Å². The molecule has 0 radical (unpaired) electrons. The molecule has 1 aromatic heterocycles. The Morgan fingerprint density at radius 1 is 0.500 bits per heavy atom. The molecule has 0 unspecified atom stereocenters. The highest BCUT2D eigenvalue weighted by Gasteiger charge is 2.22. The molecule has 4 rings (SSSR count). The van der Waals surface area contributed by atoms with Gasteiger partial charge < -0.3 is 0 Å². The molecular weight excluding hydrogens is 296 g/mol. The van der Waals surface area contributed by atoms with Crippen LogP contribution < -0.4 is 9.36 Å². The van der Waals surface area contributed by atoms with E-state index in [0.29, 0.717) is 5.82 Å². The monoisotopic (exact) mass is 312 g/mol. The van der Waals surface area contributed by atoms with Gasteiger partial charge in [-0.05, 0) is 0 Å². The van der Waals surface area contributed by atoms with E-state index in [1.165, 1.54) is 0 Å². The van der Waals surface area contributed by atoms with Crippen LogP contribution in [0.2, 0.25) is 0 Å². The van der Waals surface area contributed by atoms with Gasteiger partial charge in [0.2, 0.25) is 11.4 Å². The van der Waals surface area contributed by atoms with E-state index in [1.54, 1.807) is 0 Å². The lowest BCUT2D eigenvalue weighted by Crippen LogP contribution is -2.49. The molecular formula is C20H16N4+2. The number of rotatable bonds is 3. The van der Waals surface area contributed by atoms with E-state index in [2.05, 4.69) is 10.2 Å². The van der Waals surface area contributed by atoms with Gasteiger partial charge in [-0.2, -0.15) is 0 Å². The van der Waals surface area contributed by atoms with Crippen LogP contribution in [-0.4, -0.2) is 10.2 Å². The fourth-order valence-corrected chi connectivity index (χ4v) is 2.49. The van der Waals surface area contributed by atoms with Gasteiger partial charge in [0.1, 0.15) is 0 Å². The summed E-state index contributed by atoms with van der Waals surface area (Å²) in [5.74, 6) is 0.672. The number of hydrogen-bond acceptors (Lipinski definition) is 2. The number of benzene rings is 3. The van der Waals surface area contributed by atoms with Crippen LogP contribution in [0.15, 0.2) is 97.3 Å². The summed E-state index contributed by atoms with van der Waals surface area (Å²) >= 11 is 0. The van der Waals surface area contributed by atoms with Gasteiger partial charge in [0.25, 0.3) is 5.82 Å². The summed E-state index contributed by atoms with van der Waals surface area (Å²) in [5.41, 5.74) is 2.95. The third kappa shape index (κ3) is 2.90. The van der Waals surface area contributed by atoms with Crippen molar-refractivity contribution in [2.24, 2.45) is 0 Å². The van der Waals surface area contributed by atoms with Gasteiger partial charge in [-0.3, -0.25) is 0 Å². The van der Waals surface area contributed by atoms with Gasteiger partial charge in [-0.1, -0.05) is 66.7 Å². The van der Waals surface area contributed by atoms with Crippen LogP contribution in [0.4, 0.5) is 0 Å². The Kier molecular flexibility index (Phi) is 3.78. The summed E-state index contributed by atoms with van der Waals surface area (Å²) in [6.07, 6.45) is 1.89. The molecule has 0 atom stereocenters. The number of hydrogen-bond donors (Lipinski definition) is 0. The number of aromatic nitrogens is 4. The normalized spacial score (nSPS) is 10.5. The maximum Gasteiger partial charge on any atom is 0.469 e. The first kappa shape index (κ1) is 14.2. The predicted octanol–water partition coefficient (Wildman–Crippen LogP) is 2.70. The molecule has 0 N–H and O–H groups in total. The molecule has 0 aliphatic carbocycles. The predicted molar refractivity (Wildman–Crippen MR) is 90.5 cm³/mol. The van der Waals surface area contributed by atoms with Gasteiger partial charge in [0.05, 0.1) is 0 Å². The van der Waals surface area contributed by atoms with Gasteiger partial charge in [0.15, 0.2) is 0 Å². The lowest BCUT2D eigenvalue weighted by molar-refractivity contribution is -0.796. The minimum Gasteiger partial charge on any atom is -0.0622 e. The van der Waals surface area contributed by atoms with E-state index in [1.807, 2.05) is 107 Å². The lowest BCUT2D eigenvalue weighted by atomic mass is 10.2. The fourth-order valence-electron chi connectivity index (χ4n) is 2.49. The third-order valence-electron chi connectivity index (χ3n) is 3.70. The van der Waals surface area contributed by atoms with Crippen molar-refractivity contribution in [1.29, 1.82) is 0 Å². The topological polar surface area (TPSA) is 33.5 Å². The van der Waals surface area contributed by atoms with Crippen LogP contribution in [0.3, 0.4) is 0 Å². The Hall–Kier alpha value is -3.40. The molecule has 0 saturated heterocycles. The van der Waals surface area contributed by atoms with Crippen molar-refractivity contribution in [3.63, 3.8) is 0 Å². The highest BCUT2D eigenvalue weighted by Crippen LogP contribution is 2.11. The molecule has 0 saturated carbocycles. The molecule has 24 heavy (non-hydrogen) atoms. The van der Waals surface area contributed by atoms with Crippen LogP contribution in [0.25, 0.3) is 22.8 Å².